The van der Waals surface area contributed by atoms with Gasteiger partial charge in [-0.2, -0.15) is 0 Å². The summed E-state index contributed by atoms with van der Waals surface area (Å²) in [4.78, 5) is 37.7. The van der Waals surface area contributed by atoms with E-state index in [9.17, 15) is 32.5 Å². The van der Waals surface area contributed by atoms with Gasteiger partial charge in [0, 0.05) is 25.7 Å². The molecule has 0 saturated heterocycles. The van der Waals surface area contributed by atoms with Gasteiger partial charge in [-0.05, 0) is 42.8 Å². The van der Waals surface area contributed by atoms with Crippen LogP contribution in [0.2, 0.25) is 0 Å². The van der Waals surface area contributed by atoms with Crippen LogP contribution in [-0.4, -0.2) is 49.7 Å². The van der Waals surface area contributed by atoms with Gasteiger partial charge in [-0.3, -0.25) is 24.0 Å². The van der Waals surface area contributed by atoms with Crippen LogP contribution in [0.4, 0.5) is 15.8 Å². The van der Waals surface area contributed by atoms with Crippen LogP contribution in [0.25, 0.3) is 0 Å². The van der Waals surface area contributed by atoms with Gasteiger partial charge in [0.15, 0.2) is 0 Å². The van der Waals surface area contributed by atoms with Crippen molar-refractivity contribution in [3.05, 3.63) is 100 Å². The topological polar surface area (TPSA) is 130 Å². The highest BCUT2D eigenvalue weighted by molar-refractivity contribution is 7.92. The van der Waals surface area contributed by atoms with Gasteiger partial charge in [0.05, 0.1) is 15.5 Å². The third kappa shape index (κ3) is 6.47. The summed E-state index contributed by atoms with van der Waals surface area (Å²) in [7, 11) is -2.94. The molecule has 194 valence electrons. The predicted octanol–water partition coefficient (Wildman–Crippen LogP) is 3.09. The van der Waals surface area contributed by atoms with E-state index in [1.807, 2.05) is 0 Å². The van der Waals surface area contributed by atoms with Crippen LogP contribution in [0.1, 0.15) is 12.5 Å². The summed E-state index contributed by atoms with van der Waals surface area (Å²) >= 11 is 0. The van der Waals surface area contributed by atoms with Crippen molar-refractivity contribution < 1.29 is 27.3 Å². The third-order valence-corrected chi connectivity index (χ3v) is 7.41. The number of sulfonamides is 1. The Morgan fingerprint density at radius 3 is 2.27 bits per heavy atom. The van der Waals surface area contributed by atoms with E-state index in [0.717, 1.165) is 15.3 Å². The number of anilines is 1. The molecule has 3 aromatic rings. The summed E-state index contributed by atoms with van der Waals surface area (Å²) in [5, 5.41) is 13.8. The van der Waals surface area contributed by atoms with Crippen molar-refractivity contribution >= 4 is 33.2 Å². The lowest BCUT2D eigenvalue weighted by atomic mass is 10.1. The molecule has 0 aliphatic heterocycles. The molecule has 0 radical (unpaired) electrons. The maximum absolute atomic E-state index is 13.6. The molecule has 10 nitrogen and oxygen atoms in total. The number of likely N-dealkylation sites (N-methyl/N-ethyl adjacent to an activating group) is 1. The van der Waals surface area contributed by atoms with Crippen molar-refractivity contribution in [1.82, 2.24) is 10.2 Å². The number of rotatable bonds is 10. The number of hydrogen-bond acceptors (Lipinski definition) is 6. The van der Waals surface area contributed by atoms with E-state index >= 15 is 0 Å². The van der Waals surface area contributed by atoms with Crippen molar-refractivity contribution in [2.75, 3.05) is 17.9 Å². The predicted molar refractivity (Wildman–Crippen MR) is 135 cm³/mol. The molecule has 0 aromatic heterocycles. The first kappa shape index (κ1) is 27.3. The average molecular weight is 529 g/mol. The highest BCUT2D eigenvalue weighted by Gasteiger charge is 2.32. The van der Waals surface area contributed by atoms with Crippen molar-refractivity contribution in [1.29, 1.82) is 0 Å². The number of benzene rings is 3. The number of carbonyl (C=O) groups excluding carboxylic acids is 2. The molecule has 1 N–H and O–H groups in total. The summed E-state index contributed by atoms with van der Waals surface area (Å²) in [6.07, 6.45) is 0. The largest absolute Gasteiger partial charge is 0.357 e. The monoisotopic (exact) mass is 528 g/mol. The van der Waals surface area contributed by atoms with Crippen molar-refractivity contribution in [2.24, 2.45) is 0 Å². The first-order valence-electron chi connectivity index (χ1n) is 11.1. The fourth-order valence-electron chi connectivity index (χ4n) is 3.59. The molecule has 0 spiro atoms. The lowest BCUT2D eigenvalue weighted by Crippen LogP contribution is -2.50. The zero-order chi connectivity index (χ0) is 27.2. The standard InChI is InChI=1S/C25H25FN4O6S/c1-18(25(32)27-2)28(16-19-11-13-20(26)14-12-19)24(31)17-29(21-7-6-8-22(15-21)30(33)34)37(35,36)23-9-4-3-5-10-23/h3-15,18H,16-17H2,1-2H3,(H,27,32). The van der Waals surface area contributed by atoms with Gasteiger partial charge in [0.1, 0.15) is 18.4 Å². The number of nitro benzene ring substituents is 1. The fraction of sp³-hybridized carbons (Fsp3) is 0.200. The molecular weight excluding hydrogens is 503 g/mol. The maximum atomic E-state index is 13.6. The number of nitro groups is 1. The van der Waals surface area contributed by atoms with E-state index in [2.05, 4.69) is 5.32 Å². The zero-order valence-corrected chi connectivity index (χ0v) is 20.9. The highest BCUT2D eigenvalue weighted by atomic mass is 32.2. The van der Waals surface area contributed by atoms with Crippen LogP contribution in [0.15, 0.2) is 83.8 Å². The Morgan fingerprint density at radius 1 is 1.03 bits per heavy atom. The van der Waals surface area contributed by atoms with E-state index < -0.39 is 45.2 Å². The lowest BCUT2D eigenvalue weighted by molar-refractivity contribution is -0.384. The van der Waals surface area contributed by atoms with E-state index in [0.29, 0.717) is 5.56 Å². The lowest BCUT2D eigenvalue weighted by Gasteiger charge is -2.31. The van der Waals surface area contributed by atoms with E-state index in [-0.39, 0.29) is 22.8 Å². The average Bonchev–Trinajstić information content (AvgIpc) is 2.90. The summed E-state index contributed by atoms with van der Waals surface area (Å²) in [6, 6.07) is 16.5. The highest BCUT2D eigenvalue weighted by Crippen LogP contribution is 2.27. The maximum Gasteiger partial charge on any atom is 0.271 e. The fourth-order valence-corrected chi connectivity index (χ4v) is 5.02. The molecule has 2 amide bonds. The quantitative estimate of drug-likeness (QED) is 0.318. The number of nitrogens with one attached hydrogen (secondary N) is 1. The summed E-state index contributed by atoms with van der Waals surface area (Å²) < 4.78 is 41.4. The molecule has 1 atom stereocenters. The van der Waals surface area contributed by atoms with Gasteiger partial charge in [0.2, 0.25) is 11.8 Å². The number of carbonyl (C=O) groups is 2. The van der Waals surface area contributed by atoms with Crippen LogP contribution in [0.5, 0.6) is 0 Å². The minimum absolute atomic E-state index is 0.0965. The Morgan fingerprint density at radius 2 is 1.68 bits per heavy atom. The van der Waals surface area contributed by atoms with Crippen LogP contribution >= 0.6 is 0 Å². The SMILES string of the molecule is CNC(=O)C(C)N(Cc1ccc(F)cc1)C(=O)CN(c1cccc([N+](=O)[O-])c1)S(=O)(=O)c1ccccc1. The third-order valence-electron chi connectivity index (χ3n) is 5.62. The molecule has 3 aromatic carbocycles. The number of hydrogen-bond donors (Lipinski definition) is 1. The number of halogens is 1. The smallest absolute Gasteiger partial charge is 0.271 e. The van der Waals surface area contributed by atoms with Crippen LogP contribution in [0.3, 0.4) is 0 Å². The van der Waals surface area contributed by atoms with Gasteiger partial charge >= 0.3 is 0 Å². The van der Waals surface area contributed by atoms with Crippen LogP contribution < -0.4 is 9.62 Å². The van der Waals surface area contributed by atoms with E-state index in [4.69, 9.17) is 0 Å². The van der Waals surface area contributed by atoms with Gasteiger partial charge in [-0.1, -0.05) is 36.4 Å². The molecule has 0 aliphatic rings. The molecule has 0 fully saturated rings. The Labute approximate surface area is 213 Å². The second-order valence-electron chi connectivity index (χ2n) is 8.04. The van der Waals surface area contributed by atoms with Gasteiger partial charge in [0.25, 0.3) is 15.7 Å². The molecule has 37 heavy (non-hydrogen) atoms. The van der Waals surface area contributed by atoms with Crippen molar-refractivity contribution in [3.63, 3.8) is 0 Å². The van der Waals surface area contributed by atoms with Crippen molar-refractivity contribution in [3.8, 4) is 0 Å². The minimum Gasteiger partial charge on any atom is -0.357 e. The zero-order valence-electron chi connectivity index (χ0n) is 20.1. The normalized spacial score (nSPS) is 11.9. The first-order chi connectivity index (χ1) is 17.5. The minimum atomic E-state index is -4.34. The number of non-ortho nitro benzene ring substituents is 1. The number of amides is 2. The first-order valence-corrected chi connectivity index (χ1v) is 12.6. The Kier molecular flexibility index (Phi) is 8.56. The van der Waals surface area contributed by atoms with E-state index in [1.54, 1.807) is 6.07 Å². The van der Waals surface area contributed by atoms with Gasteiger partial charge in [-0.15, -0.1) is 0 Å². The summed E-state index contributed by atoms with van der Waals surface area (Å²) in [5.41, 5.74) is 0.0548. The number of nitrogens with zero attached hydrogens (tertiary/aromatic N) is 3. The summed E-state index contributed by atoms with van der Waals surface area (Å²) in [6.45, 7) is 0.617. The van der Waals surface area contributed by atoms with Crippen LogP contribution in [0, 0.1) is 15.9 Å². The van der Waals surface area contributed by atoms with Crippen LogP contribution in [-0.2, 0) is 26.2 Å². The molecule has 3 rings (SSSR count). The summed E-state index contributed by atoms with van der Waals surface area (Å²) in [5.74, 6) is -1.72. The molecule has 0 heterocycles. The molecule has 1 unspecified atom stereocenters. The second-order valence-corrected chi connectivity index (χ2v) is 9.90. The van der Waals surface area contributed by atoms with Gasteiger partial charge < -0.3 is 10.2 Å². The molecular formula is C25H25FN4O6S. The molecule has 12 heteroatoms. The van der Waals surface area contributed by atoms with E-state index in [1.165, 1.54) is 80.7 Å². The second kappa shape index (κ2) is 11.6. The Balaban J connectivity index is 2.06. The van der Waals surface area contributed by atoms with Gasteiger partial charge in [-0.25, -0.2) is 12.8 Å². The Hall–Kier alpha value is -4.32. The molecule has 0 aliphatic carbocycles. The molecule has 0 saturated carbocycles. The Bertz CT molecular complexity index is 1380. The van der Waals surface area contributed by atoms with Crippen molar-refractivity contribution in [2.45, 2.75) is 24.4 Å². The molecule has 0 bridgehead atoms.